The number of aromatic hydroxyl groups is 2. The van der Waals surface area contributed by atoms with Gasteiger partial charge in [-0.1, -0.05) is 0 Å². The first-order valence-electron chi connectivity index (χ1n) is 6.46. The number of nitrogens with zero attached hydrogens (tertiary/aromatic N) is 2. The Balaban J connectivity index is 2.18. The van der Waals surface area contributed by atoms with Crippen molar-refractivity contribution in [2.45, 2.75) is 18.9 Å². The minimum absolute atomic E-state index is 0.0414. The molecule has 5 nitrogen and oxygen atoms in total. The van der Waals surface area contributed by atoms with Crippen molar-refractivity contribution < 1.29 is 15.0 Å². The van der Waals surface area contributed by atoms with Gasteiger partial charge in [0.15, 0.2) is 0 Å². The number of likely N-dealkylation sites (N-methyl/N-ethyl adjacent to an activating group) is 1. The largest absolute Gasteiger partial charge is 0.508 e. The molecule has 0 bridgehead atoms. The smallest absolute Gasteiger partial charge is 0.257 e. The van der Waals surface area contributed by atoms with Crippen LogP contribution in [0.25, 0.3) is 0 Å². The van der Waals surface area contributed by atoms with E-state index < -0.39 is 0 Å². The molecule has 1 atom stereocenters. The molecule has 1 fully saturated rings. The van der Waals surface area contributed by atoms with Crippen LogP contribution in [0.15, 0.2) is 18.2 Å². The summed E-state index contributed by atoms with van der Waals surface area (Å²) in [6.45, 7) is 1.54. The second-order valence-corrected chi connectivity index (χ2v) is 5.26. The molecule has 0 aliphatic carbocycles. The minimum Gasteiger partial charge on any atom is -0.508 e. The number of benzene rings is 1. The first kappa shape index (κ1) is 13.7. The van der Waals surface area contributed by atoms with Crippen molar-refractivity contribution in [3.8, 4) is 11.5 Å². The fourth-order valence-corrected chi connectivity index (χ4v) is 2.57. The molecule has 0 radical (unpaired) electrons. The van der Waals surface area contributed by atoms with Crippen molar-refractivity contribution in [1.29, 1.82) is 0 Å². The van der Waals surface area contributed by atoms with Crippen LogP contribution >= 0.6 is 0 Å². The summed E-state index contributed by atoms with van der Waals surface area (Å²) in [6, 6.07) is 4.28. The fraction of sp³-hybridized carbons (Fsp3) is 0.500. The molecule has 1 aliphatic rings. The predicted octanol–water partition coefficient (Wildman–Crippen LogP) is 1.26. The van der Waals surface area contributed by atoms with Gasteiger partial charge in [0.1, 0.15) is 11.5 Å². The second kappa shape index (κ2) is 5.48. The highest BCUT2D eigenvalue weighted by Crippen LogP contribution is 2.27. The van der Waals surface area contributed by atoms with E-state index in [0.29, 0.717) is 0 Å². The number of carbonyl (C=O) groups is 1. The summed E-state index contributed by atoms with van der Waals surface area (Å²) in [5.41, 5.74) is 0.253. The maximum absolute atomic E-state index is 12.4. The third-order valence-electron chi connectivity index (χ3n) is 3.43. The van der Waals surface area contributed by atoms with Gasteiger partial charge < -0.3 is 20.0 Å². The molecule has 1 heterocycles. The summed E-state index contributed by atoms with van der Waals surface area (Å²) in [5, 5.41) is 19.0. The van der Waals surface area contributed by atoms with Gasteiger partial charge in [-0.2, -0.15) is 0 Å². The third-order valence-corrected chi connectivity index (χ3v) is 3.43. The van der Waals surface area contributed by atoms with Crippen molar-refractivity contribution in [1.82, 2.24) is 9.80 Å². The lowest BCUT2D eigenvalue weighted by Gasteiger charge is -2.27. The molecule has 5 heteroatoms. The molecule has 1 aliphatic heterocycles. The number of phenolic OH excluding ortho intramolecular Hbond substituents is 2. The van der Waals surface area contributed by atoms with Crippen LogP contribution in [0, 0.1) is 0 Å². The molecule has 2 N–H and O–H groups in total. The zero-order valence-corrected chi connectivity index (χ0v) is 11.3. The highest BCUT2D eigenvalue weighted by Gasteiger charge is 2.30. The lowest BCUT2D eigenvalue weighted by molar-refractivity contribution is 0.0713. The van der Waals surface area contributed by atoms with Crippen LogP contribution in [0.1, 0.15) is 23.2 Å². The van der Waals surface area contributed by atoms with Gasteiger partial charge in [0, 0.05) is 25.2 Å². The van der Waals surface area contributed by atoms with Crippen LogP contribution in [-0.4, -0.2) is 59.1 Å². The van der Waals surface area contributed by atoms with E-state index >= 15 is 0 Å². The number of amides is 1. The Morgan fingerprint density at radius 2 is 2.16 bits per heavy atom. The van der Waals surface area contributed by atoms with Crippen molar-refractivity contribution in [2.75, 3.05) is 27.2 Å². The predicted molar refractivity (Wildman–Crippen MR) is 72.4 cm³/mol. The number of hydrogen-bond donors (Lipinski definition) is 2. The molecule has 1 amide bonds. The van der Waals surface area contributed by atoms with Crippen LogP contribution in [0.2, 0.25) is 0 Å². The molecule has 1 unspecified atom stereocenters. The highest BCUT2D eigenvalue weighted by molar-refractivity contribution is 5.97. The Morgan fingerprint density at radius 1 is 1.42 bits per heavy atom. The van der Waals surface area contributed by atoms with E-state index in [1.807, 2.05) is 19.0 Å². The van der Waals surface area contributed by atoms with Gasteiger partial charge in [0.2, 0.25) is 0 Å². The van der Waals surface area contributed by atoms with Gasteiger partial charge in [0.25, 0.3) is 5.91 Å². The van der Waals surface area contributed by atoms with E-state index in [2.05, 4.69) is 4.90 Å². The van der Waals surface area contributed by atoms with Crippen molar-refractivity contribution in [3.63, 3.8) is 0 Å². The second-order valence-electron chi connectivity index (χ2n) is 5.26. The van der Waals surface area contributed by atoms with E-state index in [0.717, 1.165) is 25.9 Å². The van der Waals surface area contributed by atoms with Crippen molar-refractivity contribution in [2.24, 2.45) is 0 Å². The van der Waals surface area contributed by atoms with Crippen LogP contribution in [0.4, 0.5) is 0 Å². The zero-order valence-electron chi connectivity index (χ0n) is 11.3. The van der Waals surface area contributed by atoms with E-state index in [1.165, 1.54) is 18.2 Å². The Labute approximate surface area is 113 Å². The number of carbonyl (C=O) groups excluding carboxylic acids is 1. The van der Waals surface area contributed by atoms with E-state index in [-0.39, 0.29) is 29.0 Å². The van der Waals surface area contributed by atoms with Gasteiger partial charge in [-0.05, 0) is 39.1 Å². The Kier molecular flexibility index (Phi) is 3.95. The van der Waals surface area contributed by atoms with Gasteiger partial charge in [-0.3, -0.25) is 4.79 Å². The number of hydrogen-bond acceptors (Lipinski definition) is 4. The van der Waals surface area contributed by atoms with Crippen LogP contribution < -0.4 is 0 Å². The first-order valence-corrected chi connectivity index (χ1v) is 6.46. The molecule has 104 valence electrons. The zero-order chi connectivity index (χ0) is 14.0. The van der Waals surface area contributed by atoms with Crippen LogP contribution in [-0.2, 0) is 0 Å². The highest BCUT2D eigenvalue weighted by atomic mass is 16.3. The molecule has 19 heavy (non-hydrogen) atoms. The lowest BCUT2D eigenvalue weighted by atomic mass is 10.1. The molecule has 1 aromatic rings. The lowest BCUT2D eigenvalue weighted by Crippen LogP contribution is -2.41. The van der Waals surface area contributed by atoms with Gasteiger partial charge >= 0.3 is 0 Å². The summed E-state index contributed by atoms with van der Waals surface area (Å²) in [7, 11) is 3.97. The Hall–Kier alpha value is -1.75. The Morgan fingerprint density at radius 3 is 2.79 bits per heavy atom. The third kappa shape index (κ3) is 2.98. The van der Waals surface area contributed by atoms with Crippen LogP contribution in [0.3, 0.4) is 0 Å². The molecular formula is C14H20N2O3. The molecular weight excluding hydrogens is 244 g/mol. The van der Waals surface area contributed by atoms with Gasteiger partial charge in [-0.15, -0.1) is 0 Å². The van der Waals surface area contributed by atoms with Gasteiger partial charge in [0.05, 0.1) is 5.56 Å². The SMILES string of the molecule is CN(C)CC1CCCN1C(=O)c1ccc(O)cc1O. The normalized spacial score (nSPS) is 19.1. The number of phenols is 2. The fourth-order valence-electron chi connectivity index (χ4n) is 2.57. The maximum atomic E-state index is 12.4. The monoisotopic (exact) mass is 264 g/mol. The summed E-state index contributed by atoms with van der Waals surface area (Å²) in [6.07, 6.45) is 1.98. The Bertz CT molecular complexity index is 474. The summed E-state index contributed by atoms with van der Waals surface area (Å²) in [5.74, 6) is -0.373. The first-order chi connectivity index (χ1) is 8.99. The standard InChI is InChI=1S/C14H20N2O3/c1-15(2)9-10-4-3-7-16(10)14(19)12-6-5-11(17)8-13(12)18/h5-6,8,10,17-18H,3-4,7,9H2,1-2H3. The molecule has 1 saturated heterocycles. The van der Waals surface area contributed by atoms with E-state index in [1.54, 1.807) is 0 Å². The van der Waals surface area contributed by atoms with Crippen molar-refractivity contribution >= 4 is 5.91 Å². The molecule has 0 spiro atoms. The quantitative estimate of drug-likeness (QED) is 0.863. The topological polar surface area (TPSA) is 64.0 Å². The number of rotatable bonds is 3. The summed E-state index contributed by atoms with van der Waals surface area (Å²) in [4.78, 5) is 16.3. The van der Waals surface area contributed by atoms with E-state index in [9.17, 15) is 15.0 Å². The van der Waals surface area contributed by atoms with Crippen LogP contribution in [0.5, 0.6) is 11.5 Å². The molecule has 1 aromatic carbocycles. The molecule has 0 aromatic heterocycles. The van der Waals surface area contributed by atoms with Crippen molar-refractivity contribution in [3.05, 3.63) is 23.8 Å². The maximum Gasteiger partial charge on any atom is 0.257 e. The summed E-state index contributed by atoms with van der Waals surface area (Å²) < 4.78 is 0. The average molecular weight is 264 g/mol. The van der Waals surface area contributed by atoms with Gasteiger partial charge in [-0.25, -0.2) is 0 Å². The molecule has 2 rings (SSSR count). The number of likely N-dealkylation sites (tertiary alicyclic amines) is 1. The summed E-state index contributed by atoms with van der Waals surface area (Å²) >= 11 is 0. The van der Waals surface area contributed by atoms with E-state index in [4.69, 9.17) is 0 Å². The average Bonchev–Trinajstić information content (AvgIpc) is 2.75. The minimum atomic E-state index is -0.166. The molecule has 0 saturated carbocycles.